The van der Waals surface area contributed by atoms with Crippen molar-refractivity contribution in [3.63, 3.8) is 0 Å². The maximum Gasteiger partial charge on any atom is 0.303 e. The molecule has 1 fully saturated rings. The number of ether oxygens (including phenoxy) is 1. The van der Waals surface area contributed by atoms with Crippen molar-refractivity contribution in [1.82, 2.24) is 0 Å². The second kappa shape index (κ2) is 7.25. The van der Waals surface area contributed by atoms with E-state index in [-0.39, 0.29) is 12.3 Å². The van der Waals surface area contributed by atoms with Gasteiger partial charge in [-0.2, -0.15) is 0 Å². The van der Waals surface area contributed by atoms with E-state index in [4.69, 9.17) is 4.74 Å². The summed E-state index contributed by atoms with van der Waals surface area (Å²) in [5.41, 5.74) is 4.72. The van der Waals surface area contributed by atoms with Crippen molar-refractivity contribution >= 4 is 27.4 Å². The number of hydrogen-bond acceptors (Lipinski definition) is 3. The minimum absolute atomic E-state index is 0.108. The van der Waals surface area contributed by atoms with E-state index in [1.807, 2.05) is 0 Å². The molecule has 2 aromatic carbocycles. The molecular formula is C24H24O3S. The summed E-state index contributed by atoms with van der Waals surface area (Å²) in [7, 11) is 0. The van der Waals surface area contributed by atoms with Gasteiger partial charge < -0.3 is 9.84 Å². The fourth-order valence-corrected chi connectivity index (χ4v) is 5.56. The lowest BCUT2D eigenvalue weighted by atomic mass is 9.93. The molecule has 1 atom stereocenters. The second-order valence-corrected chi connectivity index (χ2v) is 9.03. The van der Waals surface area contributed by atoms with Gasteiger partial charge in [0.05, 0.1) is 12.5 Å². The zero-order valence-electron chi connectivity index (χ0n) is 15.8. The Morgan fingerprint density at radius 3 is 2.79 bits per heavy atom. The van der Waals surface area contributed by atoms with Gasteiger partial charge in [-0.25, -0.2) is 0 Å². The van der Waals surface area contributed by atoms with Crippen molar-refractivity contribution in [2.75, 3.05) is 0 Å². The standard InChI is InChI=1S/C24H24O3S/c25-24(26)13-17-6-5-16-12-22(27-19-3-1-2-4-19)21(14-20(16)17)15-7-8-23-18(11-15)9-10-28-23/h7-12,14,17,19H,1-6,13H2,(H,25,26). The molecule has 1 aromatic heterocycles. The molecular weight excluding hydrogens is 368 g/mol. The highest BCUT2D eigenvalue weighted by atomic mass is 32.1. The third-order valence-corrected chi connectivity index (χ3v) is 7.12. The fourth-order valence-electron chi connectivity index (χ4n) is 4.79. The van der Waals surface area contributed by atoms with Crippen LogP contribution in [0.3, 0.4) is 0 Å². The molecule has 1 saturated carbocycles. The molecule has 3 aromatic rings. The second-order valence-electron chi connectivity index (χ2n) is 8.08. The lowest BCUT2D eigenvalue weighted by Crippen LogP contribution is -2.12. The average Bonchev–Trinajstić information content (AvgIpc) is 3.42. The first kappa shape index (κ1) is 17.7. The van der Waals surface area contributed by atoms with Crippen molar-refractivity contribution in [2.24, 2.45) is 0 Å². The van der Waals surface area contributed by atoms with E-state index >= 15 is 0 Å². The largest absolute Gasteiger partial charge is 0.490 e. The monoisotopic (exact) mass is 392 g/mol. The number of carboxylic acid groups (broad SMARTS) is 1. The van der Waals surface area contributed by atoms with Gasteiger partial charge in [-0.1, -0.05) is 6.07 Å². The minimum atomic E-state index is -0.717. The predicted octanol–water partition coefficient (Wildman–Crippen LogP) is 6.39. The summed E-state index contributed by atoms with van der Waals surface area (Å²) >= 11 is 1.75. The Bertz CT molecular complexity index is 1030. The maximum absolute atomic E-state index is 11.3. The average molecular weight is 393 g/mol. The van der Waals surface area contributed by atoms with Crippen molar-refractivity contribution in [3.8, 4) is 16.9 Å². The SMILES string of the molecule is O=C(O)CC1CCc2cc(OC3CCCC3)c(-c3ccc4sccc4c3)cc21. The first-order valence-corrected chi connectivity index (χ1v) is 11.1. The van der Waals surface area contributed by atoms with Gasteiger partial charge in [0.1, 0.15) is 5.75 Å². The Balaban J connectivity index is 1.60. The normalized spacial score (nSPS) is 19.2. The van der Waals surface area contributed by atoms with Crippen LogP contribution in [0.4, 0.5) is 0 Å². The summed E-state index contributed by atoms with van der Waals surface area (Å²) in [6, 6.07) is 13.1. The van der Waals surface area contributed by atoms with Crippen LogP contribution in [0.25, 0.3) is 21.2 Å². The summed E-state index contributed by atoms with van der Waals surface area (Å²) in [6.07, 6.45) is 7.11. The third-order valence-electron chi connectivity index (χ3n) is 6.22. The van der Waals surface area contributed by atoms with E-state index in [1.54, 1.807) is 11.3 Å². The van der Waals surface area contributed by atoms with Gasteiger partial charge >= 0.3 is 5.97 Å². The van der Waals surface area contributed by atoms with E-state index in [2.05, 4.69) is 41.8 Å². The highest BCUT2D eigenvalue weighted by Gasteiger charge is 2.28. The fraction of sp³-hybridized carbons (Fsp3) is 0.375. The topological polar surface area (TPSA) is 46.5 Å². The molecule has 4 heteroatoms. The number of rotatable bonds is 5. The third kappa shape index (κ3) is 3.30. The van der Waals surface area contributed by atoms with Gasteiger partial charge in [-0.05, 0) is 102 Å². The highest BCUT2D eigenvalue weighted by molar-refractivity contribution is 7.17. The van der Waals surface area contributed by atoms with Crippen LogP contribution in [-0.2, 0) is 11.2 Å². The number of aliphatic carboxylic acids is 1. The van der Waals surface area contributed by atoms with Gasteiger partial charge in [0.15, 0.2) is 0 Å². The summed E-state index contributed by atoms with van der Waals surface area (Å²) in [5.74, 6) is 0.359. The van der Waals surface area contributed by atoms with Gasteiger partial charge in [0.2, 0.25) is 0 Å². The van der Waals surface area contributed by atoms with Crippen LogP contribution in [0.1, 0.15) is 55.6 Å². The van der Waals surface area contributed by atoms with E-state index < -0.39 is 5.97 Å². The minimum Gasteiger partial charge on any atom is -0.490 e. The predicted molar refractivity (Wildman–Crippen MR) is 113 cm³/mol. The molecule has 0 radical (unpaired) electrons. The first-order valence-electron chi connectivity index (χ1n) is 10.2. The first-order chi connectivity index (χ1) is 13.7. The Morgan fingerprint density at radius 2 is 1.96 bits per heavy atom. The molecule has 0 amide bonds. The number of aryl methyl sites for hydroxylation is 1. The molecule has 0 aliphatic heterocycles. The van der Waals surface area contributed by atoms with Crippen molar-refractivity contribution in [1.29, 1.82) is 0 Å². The molecule has 5 rings (SSSR count). The summed E-state index contributed by atoms with van der Waals surface area (Å²) < 4.78 is 7.77. The molecule has 2 aliphatic carbocycles. The molecule has 144 valence electrons. The molecule has 2 aliphatic rings. The number of hydrogen-bond donors (Lipinski definition) is 1. The van der Waals surface area contributed by atoms with Crippen LogP contribution < -0.4 is 4.74 Å². The Kier molecular flexibility index (Phi) is 4.59. The van der Waals surface area contributed by atoms with E-state index in [9.17, 15) is 9.90 Å². The summed E-state index contributed by atoms with van der Waals surface area (Å²) in [5, 5.41) is 12.7. The van der Waals surface area contributed by atoms with Crippen LogP contribution in [0.15, 0.2) is 41.8 Å². The Morgan fingerprint density at radius 1 is 1.11 bits per heavy atom. The number of carbonyl (C=O) groups is 1. The number of thiophene rings is 1. The smallest absolute Gasteiger partial charge is 0.303 e. The lowest BCUT2D eigenvalue weighted by molar-refractivity contribution is -0.137. The van der Waals surface area contributed by atoms with Crippen LogP contribution in [0, 0.1) is 0 Å². The molecule has 0 saturated heterocycles. The molecule has 3 nitrogen and oxygen atoms in total. The van der Waals surface area contributed by atoms with E-state index in [0.29, 0.717) is 6.10 Å². The number of carboxylic acids is 1. The summed E-state index contributed by atoms with van der Waals surface area (Å²) in [4.78, 5) is 11.3. The molecule has 1 heterocycles. The molecule has 1 unspecified atom stereocenters. The van der Waals surface area contributed by atoms with Crippen LogP contribution >= 0.6 is 11.3 Å². The van der Waals surface area contributed by atoms with Gasteiger partial charge in [0, 0.05) is 10.3 Å². The number of fused-ring (bicyclic) bond motifs is 2. The Labute approximate surface area is 169 Å². The lowest BCUT2D eigenvalue weighted by Gasteiger charge is -2.19. The number of benzene rings is 2. The van der Waals surface area contributed by atoms with Gasteiger partial charge in [-0.15, -0.1) is 11.3 Å². The maximum atomic E-state index is 11.3. The van der Waals surface area contributed by atoms with Crippen molar-refractivity contribution < 1.29 is 14.6 Å². The van der Waals surface area contributed by atoms with Crippen LogP contribution in [0.2, 0.25) is 0 Å². The highest BCUT2D eigenvalue weighted by Crippen LogP contribution is 2.44. The zero-order chi connectivity index (χ0) is 19.1. The Hall–Kier alpha value is -2.33. The zero-order valence-corrected chi connectivity index (χ0v) is 16.6. The van der Waals surface area contributed by atoms with Crippen molar-refractivity contribution in [2.45, 2.75) is 57.0 Å². The van der Waals surface area contributed by atoms with Crippen LogP contribution in [0.5, 0.6) is 5.75 Å². The molecule has 28 heavy (non-hydrogen) atoms. The summed E-state index contributed by atoms with van der Waals surface area (Å²) in [6.45, 7) is 0. The molecule has 1 N–H and O–H groups in total. The quantitative estimate of drug-likeness (QED) is 0.547. The van der Waals surface area contributed by atoms with Crippen LogP contribution in [-0.4, -0.2) is 17.2 Å². The molecule has 0 bridgehead atoms. The van der Waals surface area contributed by atoms with E-state index in [0.717, 1.165) is 42.6 Å². The van der Waals surface area contributed by atoms with Crippen molar-refractivity contribution in [3.05, 3.63) is 52.9 Å². The molecule has 0 spiro atoms. The van der Waals surface area contributed by atoms with Gasteiger partial charge in [0.25, 0.3) is 0 Å². The van der Waals surface area contributed by atoms with Gasteiger partial charge in [-0.3, -0.25) is 4.79 Å². The van der Waals surface area contributed by atoms with E-state index in [1.165, 1.54) is 34.1 Å².